The second-order valence-electron chi connectivity index (χ2n) is 3.49. The second kappa shape index (κ2) is 3.75. The minimum atomic E-state index is -0.911. The Hall–Kier alpha value is -1.42. The van der Waals surface area contributed by atoms with E-state index >= 15 is 0 Å². The maximum absolute atomic E-state index is 10.8. The van der Waals surface area contributed by atoms with Crippen molar-refractivity contribution in [3.05, 3.63) is 29.6 Å². The van der Waals surface area contributed by atoms with Crippen molar-refractivity contribution in [2.45, 2.75) is 25.4 Å². The molecule has 0 unspecified atom stereocenters. The van der Waals surface area contributed by atoms with E-state index in [1.165, 1.54) is 19.0 Å². The summed E-state index contributed by atoms with van der Waals surface area (Å²) < 4.78 is 0. The number of carboxylic acids is 1. The molecule has 1 aromatic rings. The van der Waals surface area contributed by atoms with Gasteiger partial charge in [-0.25, -0.2) is 4.79 Å². The SMILES string of the molecule is O=C(O)c1cnccc1CNC1CC1. The van der Waals surface area contributed by atoms with Crippen molar-refractivity contribution in [3.63, 3.8) is 0 Å². The number of pyridine rings is 1. The molecule has 2 N–H and O–H groups in total. The molecule has 1 aromatic heterocycles. The Labute approximate surface area is 82.0 Å². The van der Waals surface area contributed by atoms with E-state index in [1.807, 2.05) is 0 Å². The summed E-state index contributed by atoms with van der Waals surface area (Å²) in [5, 5.41) is 12.2. The molecule has 0 aromatic carbocycles. The van der Waals surface area contributed by atoms with Gasteiger partial charge < -0.3 is 10.4 Å². The number of hydrogen-bond donors (Lipinski definition) is 2. The van der Waals surface area contributed by atoms with Crippen LogP contribution in [0.25, 0.3) is 0 Å². The molecule has 74 valence electrons. The molecule has 4 nitrogen and oxygen atoms in total. The van der Waals surface area contributed by atoms with Crippen LogP contribution in [0.5, 0.6) is 0 Å². The van der Waals surface area contributed by atoms with Gasteiger partial charge in [0.2, 0.25) is 0 Å². The number of aromatic nitrogens is 1. The summed E-state index contributed by atoms with van der Waals surface area (Å²) in [6, 6.07) is 2.34. The summed E-state index contributed by atoms with van der Waals surface area (Å²) in [5.41, 5.74) is 1.10. The number of nitrogens with one attached hydrogen (secondary N) is 1. The van der Waals surface area contributed by atoms with E-state index in [9.17, 15) is 4.79 Å². The smallest absolute Gasteiger partial charge is 0.337 e. The number of carbonyl (C=O) groups is 1. The lowest BCUT2D eigenvalue weighted by atomic mass is 10.1. The average Bonchev–Trinajstić information content (AvgIpc) is 2.98. The van der Waals surface area contributed by atoms with Crippen LogP contribution < -0.4 is 5.32 Å². The molecule has 1 saturated carbocycles. The Morgan fingerprint density at radius 1 is 1.64 bits per heavy atom. The summed E-state index contributed by atoms with van der Waals surface area (Å²) in [5.74, 6) is -0.911. The maximum Gasteiger partial charge on any atom is 0.337 e. The van der Waals surface area contributed by atoms with Crippen LogP contribution in [-0.2, 0) is 6.54 Å². The van der Waals surface area contributed by atoms with Crippen molar-refractivity contribution >= 4 is 5.97 Å². The van der Waals surface area contributed by atoms with E-state index in [-0.39, 0.29) is 0 Å². The highest BCUT2D eigenvalue weighted by Crippen LogP contribution is 2.19. The monoisotopic (exact) mass is 192 g/mol. The maximum atomic E-state index is 10.8. The quantitative estimate of drug-likeness (QED) is 0.748. The van der Waals surface area contributed by atoms with Crippen LogP contribution in [0.4, 0.5) is 0 Å². The lowest BCUT2D eigenvalue weighted by Crippen LogP contribution is -2.17. The first-order valence-corrected chi connectivity index (χ1v) is 4.67. The Morgan fingerprint density at radius 2 is 2.43 bits per heavy atom. The van der Waals surface area contributed by atoms with Crippen molar-refractivity contribution in [3.8, 4) is 0 Å². The highest BCUT2D eigenvalue weighted by Gasteiger charge is 2.21. The van der Waals surface area contributed by atoms with Gasteiger partial charge in [-0.05, 0) is 24.5 Å². The molecule has 1 heterocycles. The lowest BCUT2D eigenvalue weighted by molar-refractivity contribution is 0.0695. The third-order valence-electron chi connectivity index (χ3n) is 2.30. The first kappa shape index (κ1) is 9.15. The summed E-state index contributed by atoms with van der Waals surface area (Å²) in [4.78, 5) is 14.6. The van der Waals surface area contributed by atoms with Crippen molar-refractivity contribution in [1.29, 1.82) is 0 Å². The van der Waals surface area contributed by atoms with Crippen LogP contribution >= 0.6 is 0 Å². The molecular formula is C10H12N2O2. The molecule has 1 aliphatic carbocycles. The first-order valence-electron chi connectivity index (χ1n) is 4.67. The molecular weight excluding hydrogens is 180 g/mol. The minimum Gasteiger partial charge on any atom is -0.478 e. The van der Waals surface area contributed by atoms with Crippen LogP contribution in [0.1, 0.15) is 28.8 Å². The molecule has 4 heteroatoms. The topological polar surface area (TPSA) is 62.2 Å². The van der Waals surface area contributed by atoms with Gasteiger partial charge in [0, 0.05) is 25.0 Å². The van der Waals surface area contributed by atoms with Gasteiger partial charge in [-0.15, -0.1) is 0 Å². The fourth-order valence-corrected chi connectivity index (χ4v) is 1.31. The molecule has 1 fully saturated rings. The predicted octanol–water partition coefficient (Wildman–Crippen LogP) is 1.03. The normalized spacial score (nSPS) is 15.4. The standard InChI is InChI=1S/C10H12N2O2/c13-10(14)9-6-11-4-3-7(9)5-12-8-1-2-8/h3-4,6,8,12H,1-2,5H2,(H,13,14). The Kier molecular flexibility index (Phi) is 2.45. The summed E-state index contributed by atoms with van der Waals surface area (Å²) in [6.07, 6.45) is 5.42. The van der Waals surface area contributed by atoms with Crippen LogP contribution in [0.15, 0.2) is 18.5 Å². The zero-order valence-electron chi connectivity index (χ0n) is 7.73. The highest BCUT2D eigenvalue weighted by atomic mass is 16.4. The van der Waals surface area contributed by atoms with Gasteiger partial charge in [0.15, 0.2) is 0 Å². The second-order valence-corrected chi connectivity index (χ2v) is 3.49. The van der Waals surface area contributed by atoms with Crippen molar-refractivity contribution in [2.75, 3.05) is 0 Å². The molecule has 0 bridgehead atoms. The summed E-state index contributed by atoms with van der Waals surface area (Å²) in [6.45, 7) is 0.620. The zero-order valence-corrected chi connectivity index (χ0v) is 7.73. The molecule has 2 rings (SSSR count). The number of hydrogen-bond acceptors (Lipinski definition) is 3. The average molecular weight is 192 g/mol. The number of rotatable bonds is 4. The van der Waals surface area contributed by atoms with Gasteiger partial charge >= 0.3 is 5.97 Å². The number of nitrogens with zero attached hydrogens (tertiary/aromatic N) is 1. The van der Waals surface area contributed by atoms with Gasteiger partial charge in [0.05, 0.1) is 5.56 Å². The molecule has 0 atom stereocenters. The largest absolute Gasteiger partial charge is 0.478 e. The van der Waals surface area contributed by atoms with Gasteiger partial charge in [-0.3, -0.25) is 4.98 Å². The van der Waals surface area contributed by atoms with E-state index in [0.717, 1.165) is 5.56 Å². The number of carboxylic acid groups (broad SMARTS) is 1. The van der Waals surface area contributed by atoms with Crippen LogP contribution in [0.3, 0.4) is 0 Å². The van der Waals surface area contributed by atoms with E-state index in [1.54, 1.807) is 12.3 Å². The van der Waals surface area contributed by atoms with Gasteiger partial charge in [0.25, 0.3) is 0 Å². The molecule has 0 amide bonds. The molecule has 0 spiro atoms. The van der Waals surface area contributed by atoms with Crippen molar-refractivity contribution in [2.24, 2.45) is 0 Å². The van der Waals surface area contributed by atoms with Gasteiger partial charge in [0.1, 0.15) is 0 Å². The van der Waals surface area contributed by atoms with E-state index in [4.69, 9.17) is 5.11 Å². The van der Waals surface area contributed by atoms with E-state index < -0.39 is 5.97 Å². The fraction of sp³-hybridized carbons (Fsp3) is 0.400. The zero-order chi connectivity index (χ0) is 9.97. The molecule has 0 radical (unpaired) electrons. The molecule has 0 saturated heterocycles. The Balaban J connectivity index is 2.09. The first-order chi connectivity index (χ1) is 6.77. The van der Waals surface area contributed by atoms with Crippen LogP contribution in [0, 0.1) is 0 Å². The predicted molar refractivity (Wildman–Crippen MR) is 51.1 cm³/mol. The molecule has 0 aliphatic heterocycles. The number of aromatic carboxylic acids is 1. The van der Waals surface area contributed by atoms with Gasteiger partial charge in [-0.1, -0.05) is 0 Å². The Morgan fingerprint density at radius 3 is 3.07 bits per heavy atom. The molecule has 1 aliphatic rings. The minimum absolute atomic E-state index is 0.292. The molecule has 14 heavy (non-hydrogen) atoms. The summed E-state index contributed by atoms with van der Waals surface area (Å²) >= 11 is 0. The Bertz CT molecular complexity index is 348. The van der Waals surface area contributed by atoms with Crippen molar-refractivity contribution in [1.82, 2.24) is 10.3 Å². The third-order valence-corrected chi connectivity index (χ3v) is 2.30. The third kappa shape index (κ3) is 2.09. The fourth-order valence-electron chi connectivity index (χ4n) is 1.31. The van der Waals surface area contributed by atoms with E-state index in [2.05, 4.69) is 10.3 Å². The van der Waals surface area contributed by atoms with Crippen molar-refractivity contribution < 1.29 is 9.90 Å². The van der Waals surface area contributed by atoms with Gasteiger partial charge in [-0.2, -0.15) is 0 Å². The van der Waals surface area contributed by atoms with E-state index in [0.29, 0.717) is 18.2 Å². The summed E-state index contributed by atoms with van der Waals surface area (Å²) in [7, 11) is 0. The van der Waals surface area contributed by atoms with Crippen LogP contribution in [0.2, 0.25) is 0 Å². The lowest BCUT2D eigenvalue weighted by Gasteiger charge is -2.05. The highest BCUT2D eigenvalue weighted by molar-refractivity contribution is 5.88. The van der Waals surface area contributed by atoms with Crippen LogP contribution in [-0.4, -0.2) is 22.1 Å².